The highest BCUT2D eigenvalue weighted by Crippen LogP contribution is 2.79. The molecule has 6 heterocycles. The van der Waals surface area contributed by atoms with Crippen molar-refractivity contribution in [3.63, 3.8) is 0 Å². The Morgan fingerprint density at radius 3 is 1.85 bits per heavy atom. The van der Waals surface area contributed by atoms with Gasteiger partial charge in [-0.2, -0.15) is 0 Å². The smallest absolute Gasteiger partial charge is 0.303 e. The summed E-state index contributed by atoms with van der Waals surface area (Å²) in [6.45, 7) is 30.7. The maximum absolute atomic E-state index is 12.2. The van der Waals surface area contributed by atoms with Crippen LogP contribution in [0.4, 0.5) is 0 Å². The minimum Gasteiger partial charge on any atom is -0.481 e. The molecule has 4 bridgehead atoms. The quantitative estimate of drug-likeness (QED) is 0.148. The molecule has 60 heavy (non-hydrogen) atoms. The summed E-state index contributed by atoms with van der Waals surface area (Å²) in [4.78, 5) is 33.7. The van der Waals surface area contributed by atoms with Gasteiger partial charge >= 0.3 is 11.9 Å². The number of halogens is 2. The van der Waals surface area contributed by atoms with Crippen LogP contribution in [-0.2, 0) is 9.59 Å². The van der Waals surface area contributed by atoms with Gasteiger partial charge in [-0.15, -0.1) is 23.2 Å². The molecule has 5 aliphatic carbocycles. The lowest BCUT2D eigenvalue weighted by molar-refractivity contribution is -0.247. The van der Waals surface area contributed by atoms with E-state index < -0.39 is 21.7 Å². The Kier molecular flexibility index (Phi) is 11.3. The number of carboxylic acids is 2. The second-order valence-electron chi connectivity index (χ2n) is 24.1. The Labute approximate surface area is 372 Å². The van der Waals surface area contributed by atoms with E-state index in [4.69, 9.17) is 29.8 Å². The Hall–Kier alpha value is -0.900. The van der Waals surface area contributed by atoms with Gasteiger partial charge in [0.15, 0.2) is 0 Å². The van der Waals surface area contributed by atoms with Gasteiger partial charge in [0.2, 0.25) is 0 Å². The monoisotopic (exact) mass is 871 g/mol. The number of allylic oxidation sites excluding steroid dienone is 1. The fraction of sp³-hybridized carbons (Fsp3) is 0.920. The van der Waals surface area contributed by atoms with Crippen LogP contribution in [0.2, 0.25) is 0 Å². The first-order valence-corrected chi connectivity index (χ1v) is 25.4. The number of piperazine rings is 6. The first kappa shape index (κ1) is 44.3. The number of carboxylic acid groups (broad SMARTS) is 2. The van der Waals surface area contributed by atoms with E-state index in [1.807, 2.05) is 0 Å². The van der Waals surface area contributed by atoms with Crippen molar-refractivity contribution < 1.29 is 19.8 Å². The third kappa shape index (κ3) is 6.67. The number of hydrogen-bond acceptors (Lipinski definition) is 6. The lowest BCUT2D eigenvalue weighted by Crippen LogP contribution is -2.71. The third-order valence-electron chi connectivity index (χ3n) is 21.7. The number of nitrogens with zero attached hydrogens (tertiary/aromatic N) is 4. The third-order valence-corrected chi connectivity index (χ3v) is 23.0. The predicted molar refractivity (Wildman–Crippen MR) is 242 cm³/mol. The van der Waals surface area contributed by atoms with Crippen LogP contribution in [0, 0.1) is 62.6 Å². The highest BCUT2D eigenvalue weighted by atomic mass is 35.5. The van der Waals surface area contributed by atoms with Crippen molar-refractivity contribution in [2.24, 2.45) is 62.6 Å². The van der Waals surface area contributed by atoms with Crippen LogP contribution in [0.1, 0.15) is 138 Å². The molecule has 8 nitrogen and oxygen atoms in total. The second kappa shape index (κ2) is 15.3. The molecule has 0 aromatic rings. The van der Waals surface area contributed by atoms with Crippen molar-refractivity contribution in [1.82, 2.24) is 19.6 Å². The molecule has 10 heteroatoms. The first-order valence-electron chi connectivity index (χ1n) is 24.6. The number of alkyl halides is 2. The van der Waals surface area contributed by atoms with Crippen molar-refractivity contribution in [3.8, 4) is 0 Å². The van der Waals surface area contributed by atoms with Gasteiger partial charge in [0.05, 0.1) is 9.75 Å². The molecule has 14 atom stereocenters. The minimum absolute atomic E-state index is 0.0114. The van der Waals surface area contributed by atoms with Crippen LogP contribution in [0.3, 0.4) is 0 Å². The van der Waals surface area contributed by atoms with Gasteiger partial charge < -0.3 is 10.2 Å². The standard InChI is InChI=1S/C50H80Cl2N4O4/c1-33(2)34-10-17-48(32-49(51,18-13-41(57)58)39-30-53-22-26-55(39)27-23-53)21-20-46(6)35(43(34)48)8-9-38-45(5)15-11-37(44(3,4)36(45)12-16-47(38,46)7)50(52,19-14-42(59)60)40-31-54-24-28-56(40)29-25-54/h34-40,43H,1,8-32H2,2-7H3,(H,57,58)(H,59,60)/t34-,35+,36-,37?,38+,39?,40?,43+,45-,46+,47+,48+,49?,50?/m0/s1. The van der Waals surface area contributed by atoms with E-state index in [1.54, 1.807) is 0 Å². The normalized spacial score (nSPS) is 49.7. The maximum Gasteiger partial charge on any atom is 0.303 e. The van der Waals surface area contributed by atoms with E-state index in [0.717, 1.165) is 78.3 Å². The van der Waals surface area contributed by atoms with Gasteiger partial charge in [-0.3, -0.25) is 29.2 Å². The summed E-state index contributed by atoms with van der Waals surface area (Å²) in [6.07, 6.45) is 14.3. The number of carbonyl (C=O) groups is 2. The van der Waals surface area contributed by atoms with E-state index in [2.05, 4.69) is 61.1 Å². The molecule has 5 saturated carbocycles. The van der Waals surface area contributed by atoms with Crippen molar-refractivity contribution >= 4 is 35.1 Å². The van der Waals surface area contributed by atoms with E-state index in [-0.39, 0.29) is 57.9 Å². The number of hydrogen-bond donors (Lipinski definition) is 2. The fourth-order valence-electron chi connectivity index (χ4n) is 18.8. The van der Waals surface area contributed by atoms with Crippen LogP contribution in [0.15, 0.2) is 12.2 Å². The van der Waals surface area contributed by atoms with Gasteiger partial charge in [-0.25, -0.2) is 0 Å². The molecule has 11 rings (SSSR count). The summed E-state index contributed by atoms with van der Waals surface area (Å²) in [6, 6.07) is 0.404. The van der Waals surface area contributed by atoms with Crippen LogP contribution < -0.4 is 0 Å². The van der Waals surface area contributed by atoms with E-state index in [9.17, 15) is 19.8 Å². The van der Waals surface area contributed by atoms with Crippen molar-refractivity contribution in [2.75, 3.05) is 65.4 Å². The SMILES string of the molecule is C=C(C)[C@@H]1CC[C@]2(CC(Cl)(CCC(=O)O)C3CN4CCN3CC4)CC[C@]3(C)[C@H](CC[C@@H]4[C@@]5(C)CCC(C(Cl)(CCC(=O)O)C6CN7CCN6CC7)C(C)(C)[C@@H]5CC[C@]43C)[C@@H]12. The molecule has 6 saturated heterocycles. The van der Waals surface area contributed by atoms with Gasteiger partial charge in [-0.05, 0) is 153 Å². The molecule has 0 spiro atoms. The molecule has 0 amide bonds. The highest BCUT2D eigenvalue weighted by molar-refractivity contribution is 6.25. The zero-order chi connectivity index (χ0) is 42.8. The summed E-state index contributed by atoms with van der Waals surface area (Å²) >= 11 is 16.2. The van der Waals surface area contributed by atoms with Crippen molar-refractivity contribution in [1.29, 1.82) is 0 Å². The van der Waals surface area contributed by atoms with Crippen molar-refractivity contribution in [2.45, 2.75) is 160 Å². The Bertz CT molecular complexity index is 1700. The van der Waals surface area contributed by atoms with Gasteiger partial charge in [-0.1, -0.05) is 46.8 Å². The lowest BCUT2D eigenvalue weighted by Gasteiger charge is -2.74. The average molecular weight is 872 g/mol. The molecule has 5 unspecified atom stereocenters. The van der Waals surface area contributed by atoms with Gasteiger partial charge in [0.25, 0.3) is 0 Å². The van der Waals surface area contributed by atoms with E-state index in [1.165, 1.54) is 63.4 Å². The van der Waals surface area contributed by atoms with Gasteiger partial charge in [0.1, 0.15) is 0 Å². The molecule has 0 radical (unpaired) electrons. The number of fused-ring (bicyclic) bond motifs is 13. The predicted octanol–water partition coefficient (Wildman–Crippen LogP) is 9.33. The van der Waals surface area contributed by atoms with E-state index >= 15 is 0 Å². The summed E-state index contributed by atoms with van der Waals surface area (Å²) in [5, 5.41) is 20.1. The largest absolute Gasteiger partial charge is 0.481 e. The molecule has 6 aliphatic heterocycles. The topological polar surface area (TPSA) is 87.6 Å². The van der Waals surface area contributed by atoms with Crippen LogP contribution in [0.5, 0.6) is 0 Å². The van der Waals surface area contributed by atoms with Crippen LogP contribution >= 0.6 is 23.2 Å². The number of rotatable bonds is 12. The fourth-order valence-corrected chi connectivity index (χ4v) is 20.0. The summed E-state index contributed by atoms with van der Waals surface area (Å²) in [5.74, 6) is 1.61. The molecule has 11 fully saturated rings. The Balaban J connectivity index is 1.02. The Morgan fingerprint density at radius 1 is 0.683 bits per heavy atom. The highest BCUT2D eigenvalue weighted by Gasteiger charge is 2.72. The first-order chi connectivity index (χ1) is 28.2. The Morgan fingerprint density at radius 2 is 1.28 bits per heavy atom. The molecular formula is C50H80Cl2N4O4. The maximum atomic E-state index is 12.2. The molecule has 338 valence electrons. The average Bonchev–Trinajstić information content (AvgIpc) is 3.59. The summed E-state index contributed by atoms with van der Waals surface area (Å²) in [5.41, 5.74) is 2.06. The molecule has 11 aliphatic rings. The van der Waals surface area contributed by atoms with E-state index in [0.29, 0.717) is 42.4 Å². The second-order valence-corrected chi connectivity index (χ2v) is 25.5. The van der Waals surface area contributed by atoms with Crippen molar-refractivity contribution in [3.05, 3.63) is 12.2 Å². The van der Waals surface area contributed by atoms with Crippen LogP contribution in [-0.4, -0.2) is 129 Å². The van der Waals surface area contributed by atoms with Gasteiger partial charge in [0, 0.05) is 90.4 Å². The molecule has 0 aromatic carbocycles. The molecular weight excluding hydrogens is 791 g/mol. The number of aliphatic carboxylic acids is 2. The zero-order valence-electron chi connectivity index (χ0n) is 38.3. The van der Waals surface area contributed by atoms with Crippen LogP contribution in [0.25, 0.3) is 0 Å². The minimum atomic E-state index is -0.728. The lowest BCUT2D eigenvalue weighted by atomic mass is 9.31. The summed E-state index contributed by atoms with van der Waals surface area (Å²) in [7, 11) is 0. The molecule has 0 aromatic heterocycles. The zero-order valence-corrected chi connectivity index (χ0v) is 39.8. The summed E-state index contributed by atoms with van der Waals surface area (Å²) < 4.78 is 0. The molecule has 2 N–H and O–H groups in total.